The molecule has 1 saturated heterocycles. The van der Waals surface area contributed by atoms with Crippen LogP contribution in [0.5, 0.6) is 5.75 Å². The highest BCUT2D eigenvalue weighted by Crippen LogP contribution is 2.22. The average molecular weight is 413 g/mol. The van der Waals surface area contributed by atoms with Crippen molar-refractivity contribution in [3.8, 4) is 5.75 Å². The number of amides is 1. The van der Waals surface area contributed by atoms with Crippen LogP contribution in [0.4, 0.5) is 0 Å². The van der Waals surface area contributed by atoms with Crippen molar-refractivity contribution in [1.82, 2.24) is 9.62 Å². The number of carbonyl (C=O) groups excluding carboxylic acids is 1. The first-order chi connectivity index (χ1) is 13.0. The Morgan fingerprint density at radius 2 is 1.96 bits per heavy atom. The molecule has 7 nitrogen and oxygen atoms in total. The molecule has 0 spiro atoms. The van der Waals surface area contributed by atoms with E-state index in [1.807, 2.05) is 0 Å². The minimum Gasteiger partial charge on any atom is -0.492 e. The first-order valence-electron chi connectivity index (χ1n) is 8.73. The first-order valence-corrected chi connectivity index (χ1v) is 10.6. The largest absolute Gasteiger partial charge is 0.492 e. The number of piperidine rings is 1. The zero-order chi connectivity index (χ0) is 19.3. The highest BCUT2D eigenvalue weighted by Gasteiger charge is 2.29. The Labute approximate surface area is 163 Å². The van der Waals surface area contributed by atoms with Crippen LogP contribution in [0.2, 0.25) is 5.02 Å². The summed E-state index contributed by atoms with van der Waals surface area (Å²) in [5.74, 6) is 0.0581. The summed E-state index contributed by atoms with van der Waals surface area (Å²) >= 11 is 5.87. The van der Waals surface area contributed by atoms with E-state index < -0.39 is 15.9 Å². The number of benzene rings is 1. The maximum Gasteiger partial charge on any atom is 0.287 e. The molecule has 1 aromatic heterocycles. The smallest absolute Gasteiger partial charge is 0.287 e. The van der Waals surface area contributed by atoms with Gasteiger partial charge in [-0.05, 0) is 43.2 Å². The van der Waals surface area contributed by atoms with Crippen molar-refractivity contribution in [3.63, 3.8) is 0 Å². The maximum atomic E-state index is 12.5. The SMILES string of the molecule is O=C(NCCOc1cccc(Cl)c1)c1ccc(S(=O)(=O)N2CCCCC2)o1. The molecule has 1 N–H and O–H groups in total. The Bertz CT molecular complexity index is 891. The summed E-state index contributed by atoms with van der Waals surface area (Å²) in [5, 5.41) is 2.99. The Morgan fingerprint density at radius 1 is 1.19 bits per heavy atom. The number of hydrogen-bond donors (Lipinski definition) is 1. The standard InChI is InChI=1S/C18H21ClN2O5S/c19-14-5-4-6-15(13-14)25-12-9-20-18(22)16-7-8-17(26-16)27(23,24)21-10-2-1-3-11-21/h4-8,13H,1-3,9-12H2,(H,20,22). The summed E-state index contributed by atoms with van der Waals surface area (Å²) in [4.78, 5) is 12.1. The maximum absolute atomic E-state index is 12.5. The second-order valence-electron chi connectivity index (χ2n) is 6.15. The van der Waals surface area contributed by atoms with E-state index >= 15 is 0 Å². The van der Waals surface area contributed by atoms with Gasteiger partial charge in [-0.1, -0.05) is 24.1 Å². The number of ether oxygens (including phenoxy) is 1. The summed E-state index contributed by atoms with van der Waals surface area (Å²) in [6.45, 7) is 1.43. The topological polar surface area (TPSA) is 88.8 Å². The molecule has 0 bridgehead atoms. The van der Waals surface area contributed by atoms with E-state index in [0.717, 1.165) is 19.3 Å². The second kappa shape index (κ2) is 8.77. The van der Waals surface area contributed by atoms with Crippen molar-refractivity contribution in [3.05, 3.63) is 47.2 Å². The lowest BCUT2D eigenvalue weighted by Crippen LogP contribution is -2.35. The quantitative estimate of drug-likeness (QED) is 0.706. The zero-order valence-corrected chi connectivity index (χ0v) is 16.3. The van der Waals surface area contributed by atoms with E-state index in [-0.39, 0.29) is 24.0 Å². The molecule has 1 aliphatic heterocycles. The first kappa shape index (κ1) is 19.7. The molecule has 1 aliphatic rings. The fourth-order valence-corrected chi connectivity index (χ4v) is 4.40. The van der Waals surface area contributed by atoms with E-state index in [1.54, 1.807) is 24.3 Å². The molecule has 1 fully saturated rings. The lowest BCUT2D eigenvalue weighted by atomic mass is 10.2. The Hall–Kier alpha value is -2.03. The van der Waals surface area contributed by atoms with Crippen molar-refractivity contribution < 1.29 is 22.4 Å². The van der Waals surface area contributed by atoms with Crippen LogP contribution >= 0.6 is 11.6 Å². The fourth-order valence-electron chi connectivity index (χ4n) is 2.79. The van der Waals surface area contributed by atoms with Gasteiger partial charge in [0.2, 0.25) is 5.09 Å². The Balaban J connectivity index is 1.52. The minimum absolute atomic E-state index is 0.0478. The highest BCUT2D eigenvalue weighted by molar-refractivity contribution is 7.89. The third kappa shape index (κ3) is 5.03. The third-order valence-corrected chi connectivity index (χ3v) is 6.17. The summed E-state index contributed by atoms with van der Waals surface area (Å²) in [7, 11) is -3.69. The minimum atomic E-state index is -3.69. The van der Waals surface area contributed by atoms with Crippen LogP contribution in [0.25, 0.3) is 0 Å². The summed E-state index contributed by atoms with van der Waals surface area (Å²) in [6, 6.07) is 9.63. The van der Waals surface area contributed by atoms with Crippen molar-refractivity contribution in [2.75, 3.05) is 26.2 Å². The fraction of sp³-hybridized carbons (Fsp3) is 0.389. The van der Waals surface area contributed by atoms with Gasteiger partial charge in [0, 0.05) is 18.1 Å². The van der Waals surface area contributed by atoms with Gasteiger partial charge in [-0.15, -0.1) is 0 Å². The molecule has 1 amide bonds. The van der Waals surface area contributed by atoms with Gasteiger partial charge in [0.15, 0.2) is 5.76 Å². The van der Waals surface area contributed by atoms with Gasteiger partial charge in [0.25, 0.3) is 15.9 Å². The van der Waals surface area contributed by atoms with Gasteiger partial charge in [0.05, 0.1) is 6.54 Å². The van der Waals surface area contributed by atoms with Crippen molar-refractivity contribution in [2.45, 2.75) is 24.4 Å². The Morgan fingerprint density at radius 3 is 2.70 bits per heavy atom. The summed E-state index contributed by atoms with van der Waals surface area (Å²) in [6.07, 6.45) is 2.69. The third-order valence-electron chi connectivity index (χ3n) is 4.17. The average Bonchev–Trinajstić information content (AvgIpc) is 3.17. The summed E-state index contributed by atoms with van der Waals surface area (Å²) in [5.41, 5.74) is 0. The molecular formula is C18H21ClN2O5S. The van der Waals surface area contributed by atoms with Gasteiger partial charge in [-0.2, -0.15) is 4.31 Å². The van der Waals surface area contributed by atoms with E-state index in [1.165, 1.54) is 16.4 Å². The molecule has 0 unspecified atom stereocenters. The molecule has 3 rings (SSSR count). The van der Waals surface area contributed by atoms with Crippen molar-refractivity contribution in [2.24, 2.45) is 0 Å². The van der Waals surface area contributed by atoms with Crippen LogP contribution in [0, 0.1) is 0 Å². The molecule has 9 heteroatoms. The molecular weight excluding hydrogens is 392 g/mol. The van der Waals surface area contributed by atoms with Crippen LogP contribution in [0.1, 0.15) is 29.8 Å². The summed E-state index contributed by atoms with van der Waals surface area (Å²) < 4.78 is 37.2. The number of sulfonamides is 1. The Kier molecular flexibility index (Phi) is 6.41. The lowest BCUT2D eigenvalue weighted by Gasteiger charge is -2.24. The molecule has 0 aliphatic carbocycles. The van der Waals surface area contributed by atoms with Crippen LogP contribution in [0.15, 0.2) is 45.9 Å². The van der Waals surface area contributed by atoms with Crippen LogP contribution in [-0.4, -0.2) is 44.9 Å². The van der Waals surface area contributed by atoms with Crippen LogP contribution in [0.3, 0.4) is 0 Å². The molecule has 27 heavy (non-hydrogen) atoms. The molecule has 0 radical (unpaired) electrons. The van der Waals surface area contributed by atoms with Gasteiger partial charge in [0.1, 0.15) is 12.4 Å². The number of halogens is 1. The molecule has 0 saturated carbocycles. The van der Waals surface area contributed by atoms with Crippen molar-refractivity contribution in [1.29, 1.82) is 0 Å². The number of carbonyl (C=O) groups is 1. The zero-order valence-electron chi connectivity index (χ0n) is 14.7. The van der Waals surface area contributed by atoms with Crippen LogP contribution in [-0.2, 0) is 10.0 Å². The molecule has 1 aromatic carbocycles. The van der Waals surface area contributed by atoms with E-state index in [0.29, 0.717) is 23.9 Å². The predicted octanol–water partition coefficient (Wildman–Crippen LogP) is 2.92. The predicted molar refractivity (Wildman–Crippen MR) is 101 cm³/mol. The normalized spacial score (nSPS) is 15.4. The number of rotatable bonds is 7. The number of furan rings is 1. The monoisotopic (exact) mass is 412 g/mol. The van der Waals surface area contributed by atoms with Crippen molar-refractivity contribution >= 4 is 27.5 Å². The van der Waals surface area contributed by atoms with E-state index in [9.17, 15) is 13.2 Å². The lowest BCUT2D eigenvalue weighted by molar-refractivity contribution is 0.0913. The molecule has 146 valence electrons. The molecule has 2 aromatic rings. The van der Waals surface area contributed by atoms with Gasteiger partial charge >= 0.3 is 0 Å². The van der Waals surface area contributed by atoms with Crippen LogP contribution < -0.4 is 10.1 Å². The molecule has 2 heterocycles. The molecule has 0 atom stereocenters. The number of nitrogens with one attached hydrogen (secondary N) is 1. The van der Waals surface area contributed by atoms with Gasteiger partial charge in [-0.3, -0.25) is 4.79 Å². The van der Waals surface area contributed by atoms with E-state index in [4.69, 9.17) is 20.8 Å². The van der Waals surface area contributed by atoms with Gasteiger partial charge in [-0.25, -0.2) is 8.42 Å². The van der Waals surface area contributed by atoms with Gasteiger partial charge < -0.3 is 14.5 Å². The second-order valence-corrected chi connectivity index (χ2v) is 8.45. The van der Waals surface area contributed by atoms with E-state index in [2.05, 4.69) is 5.32 Å². The number of nitrogens with zero attached hydrogens (tertiary/aromatic N) is 1. The number of hydrogen-bond acceptors (Lipinski definition) is 5. The highest BCUT2D eigenvalue weighted by atomic mass is 35.5.